The quantitative estimate of drug-likeness (QED) is 0.332. The number of ether oxygens (including phenoxy) is 1. The molecule has 114 valence electrons. The Kier molecular flexibility index (Phi) is 10.7. The van der Waals surface area contributed by atoms with Gasteiger partial charge < -0.3 is 15.0 Å². The number of hydrogen-bond donors (Lipinski definition) is 1. The summed E-state index contributed by atoms with van der Waals surface area (Å²) < 4.78 is 5.33. The summed E-state index contributed by atoms with van der Waals surface area (Å²) in [7, 11) is 1.86. The van der Waals surface area contributed by atoms with Crippen LogP contribution in [0.1, 0.15) is 33.6 Å². The highest BCUT2D eigenvalue weighted by Gasteiger charge is 2.24. The van der Waals surface area contributed by atoms with Gasteiger partial charge in [0.15, 0.2) is 5.96 Å². The third-order valence-corrected chi connectivity index (χ3v) is 3.34. The van der Waals surface area contributed by atoms with E-state index in [0.717, 1.165) is 50.6 Å². The van der Waals surface area contributed by atoms with Crippen molar-refractivity contribution in [3.63, 3.8) is 0 Å². The van der Waals surface area contributed by atoms with Crippen molar-refractivity contribution in [2.75, 3.05) is 39.9 Å². The molecule has 0 radical (unpaired) electrons. The highest BCUT2D eigenvalue weighted by atomic mass is 127. The molecule has 1 saturated heterocycles. The molecule has 1 heterocycles. The van der Waals surface area contributed by atoms with Gasteiger partial charge in [0.2, 0.25) is 0 Å². The van der Waals surface area contributed by atoms with Crippen LogP contribution in [0.25, 0.3) is 0 Å². The largest absolute Gasteiger partial charge is 0.380 e. The number of hydrogen-bond acceptors (Lipinski definition) is 2. The van der Waals surface area contributed by atoms with Crippen LogP contribution in [0.2, 0.25) is 0 Å². The van der Waals surface area contributed by atoms with Gasteiger partial charge in [0, 0.05) is 33.3 Å². The van der Waals surface area contributed by atoms with E-state index in [4.69, 9.17) is 4.74 Å². The molecular weight excluding hydrogens is 353 g/mol. The Balaban J connectivity index is 0.00000324. The molecular formula is C14H30IN3O. The van der Waals surface area contributed by atoms with E-state index in [9.17, 15) is 0 Å². The normalized spacial score (nSPS) is 19.7. The summed E-state index contributed by atoms with van der Waals surface area (Å²) in [6.07, 6.45) is 2.62. The molecule has 1 N–H and O–H groups in total. The number of nitrogens with zero attached hydrogens (tertiary/aromatic N) is 2. The predicted molar refractivity (Wildman–Crippen MR) is 92.4 cm³/mol. The van der Waals surface area contributed by atoms with E-state index in [-0.39, 0.29) is 24.0 Å². The Hall–Kier alpha value is -0.0400. The van der Waals surface area contributed by atoms with Gasteiger partial charge in [-0.25, -0.2) is 0 Å². The molecule has 5 heteroatoms. The highest BCUT2D eigenvalue weighted by molar-refractivity contribution is 14.0. The lowest BCUT2D eigenvalue weighted by Crippen LogP contribution is -2.41. The van der Waals surface area contributed by atoms with Gasteiger partial charge in [-0.05, 0) is 31.6 Å². The van der Waals surface area contributed by atoms with Crippen molar-refractivity contribution in [3.8, 4) is 0 Å². The number of aliphatic imine (C=N–C) groups is 1. The molecule has 1 rings (SSSR count). The smallest absolute Gasteiger partial charge is 0.193 e. The Bertz CT molecular complexity index is 259. The second kappa shape index (κ2) is 10.7. The molecule has 0 bridgehead atoms. The van der Waals surface area contributed by atoms with Gasteiger partial charge in [0.1, 0.15) is 0 Å². The summed E-state index contributed by atoms with van der Waals surface area (Å²) >= 11 is 0. The molecule has 1 atom stereocenters. The third-order valence-electron chi connectivity index (χ3n) is 3.34. The van der Waals surface area contributed by atoms with E-state index < -0.39 is 0 Å². The molecule has 0 aromatic carbocycles. The van der Waals surface area contributed by atoms with Crippen molar-refractivity contribution in [2.24, 2.45) is 16.8 Å². The van der Waals surface area contributed by atoms with Crippen molar-refractivity contribution in [3.05, 3.63) is 0 Å². The first kappa shape index (κ1) is 19.0. The zero-order chi connectivity index (χ0) is 13.4. The summed E-state index contributed by atoms with van der Waals surface area (Å²) in [5, 5.41) is 3.37. The summed E-state index contributed by atoms with van der Waals surface area (Å²) in [6, 6.07) is 0. The Morgan fingerprint density at radius 3 is 2.79 bits per heavy atom. The molecule has 0 aromatic heterocycles. The molecule has 1 fully saturated rings. The molecule has 0 saturated carbocycles. The van der Waals surface area contributed by atoms with Crippen LogP contribution in [-0.4, -0.2) is 50.8 Å². The van der Waals surface area contributed by atoms with Crippen molar-refractivity contribution < 1.29 is 4.74 Å². The first-order valence-corrected chi connectivity index (χ1v) is 7.20. The molecule has 0 aliphatic carbocycles. The number of likely N-dealkylation sites (tertiary alicyclic amines) is 1. The van der Waals surface area contributed by atoms with Gasteiger partial charge in [-0.3, -0.25) is 4.99 Å². The van der Waals surface area contributed by atoms with E-state index >= 15 is 0 Å². The van der Waals surface area contributed by atoms with Crippen LogP contribution in [-0.2, 0) is 4.74 Å². The molecule has 0 spiro atoms. The monoisotopic (exact) mass is 383 g/mol. The Morgan fingerprint density at radius 1 is 1.47 bits per heavy atom. The van der Waals surface area contributed by atoms with E-state index in [0.29, 0.717) is 0 Å². The summed E-state index contributed by atoms with van der Waals surface area (Å²) in [4.78, 5) is 6.73. The molecule has 1 unspecified atom stereocenters. The standard InChI is InChI=1S/C14H29N3O.HI/c1-5-18-9-7-16-14(15-4)17-8-6-13(11-17)10-12(2)3;/h12-13H,5-11H2,1-4H3,(H,15,16);1H. The predicted octanol–water partition coefficient (Wildman–Crippen LogP) is 2.58. The van der Waals surface area contributed by atoms with Crippen LogP contribution in [0.4, 0.5) is 0 Å². The van der Waals surface area contributed by atoms with Crippen molar-refractivity contribution >= 4 is 29.9 Å². The van der Waals surface area contributed by atoms with Crippen LogP contribution >= 0.6 is 24.0 Å². The zero-order valence-corrected chi connectivity index (χ0v) is 15.1. The lowest BCUT2D eigenvalue weighted by atomic mass is 9.97. The molecule has 4 nitrogen and oxygen atoms in total. The van der Waals surface area contributed by atoms with Gasteiger partial charge in [-0.2, -0.15) is 0 Å². The Morgan fingerprint density at radius 2 is 2.21 bits per heavy atom. The SMILES string of the molecule is CCOCCNC(=NC)N1CCC(CC(C)C)C1.I. The fourth-order valence-electron chi connectivity index (χ4n) is 2.60. The molecule has 1 aliphatic heterocycles. The summed E-state index contributed by atoms with van der Waals surface area (Å²) in [5.41, 5.74) is 0. The van der Waals surface area contributed by atoms with Gasteiger partial charge in [-0.15, -0.1) is 24.0 Å². The molecule has 1 aliphatic rings. The maximum atomic E-state index is 5.33. The highest BCUT2D eigenvalue weighted by Crippen LogP contribution is 2.23. The van der Waals surface area contributed by atoms with Gasteiger partial charge >= 0.3 is 0 Å². The molecule has 0 amide bonds. The molecule has 0 aromatic rings. The molecule has 19 heavy (non-hydrogen) atoms. The second-order valence-corrected chi connectivity index (χ2v) is 5.40. The first-order chi connectivity index (χ1) is 8.67. The average molecular weight is 383 g/mol. The van der Waals surface area contributed by atoms with Crippen molar-refractivity contribution in [1.82, 2.24) is 10.2 Å². The minimum absolute atomic E-state index is 0. The van der Waals surface area contributed by atoms with Crippen LogP contribution < -0.4 is 5.32 Å². The Labute approximate surface area is 135 Å². The van der Waals surface area contributed by atoms with E-state index in [1.165, 1.54) is 12.8 Å². The fourth-order valence-corrected chi connectivity index (χ4v) is 2.60. The lowest BCUT2D eigenvalue weighted by molar-refractivity contribution is 0.152. The number of nitrogens with one attached hydrogen (secondary N) is 1. The van der Waals surface area contributed by atoms with Crippen LogP contribution in [0, 0.1) is 11.8 Å². The van der Waals surface area contributed by atoms with E-state index in [1.54, 1.807) is 0 Å². The lowest BCUT2D eigenvalue weighted by Gasteiger charge is -2.22. The number of halogens is 1. The van der Waals surface area contributed by atoms with Crippen LogP contribution in [0.3, 0.4) is 0 Å². The van der Waals surface area contributed by atoms with Crippen LogP contribution in [0.5, 0.6) is 0 Å². The maximum Gasteiger partial charge on any atom is 0.193 e. The van der Waals surface area contributed by atoms with E-state index in [1.807, 2.05) is 14.0 Å². The second-order valence-electron chi connectivity index (χ2n) is 5.40. The minimum Gasteiger partial charge on any atom is -0.380 e. The van der Waals surface area contributed by atoms with Gasteiger partial charge in [0.05, 0.1) is 6.61 Å². The number of guanidine groups is 1. The number of rotatable bonds is 6. The summed E-state index contributed by atoms with van der Waals surface area (Å²) in [6.45, 7) is 11.3. The first-order valence-electron chi connectivity index (χ1n) is 7.20. The minimum atomic E-state index is 0. The fraction of sp³-hybridized carbons (Fsp3) is 0.929. The zero-order valence-electron chi connectivity index (χ0n) is 12.8. The van der Waals surface area contributed by atoms with Crippen molar-refractivity contribution in [2.45, 2.75) is 33.6 Å². The maximum absolute atomic E-state index is 5.33. The summed E-state index contributed by atoms with van der Waals surface area (Å²) in [5.74, 6) is 2.65. The topological polar surface area (TPSA) is 36.9 Å². The van der Waals surface area contributed by atoms with Crippen molar-refractivity contribution in [1.29, 1.82) is 0 Å². The van der Waals surface area contributed by atoms with Gasteiger partial charge in [0.25, 0.3) is 0 Å². The third kappa shape index (κ3) is 7.34. The van der Waals surface area contributed by atoms with Crippen LogP contribution in [0.15, 0.2) is 4.99 Å². The average Bonchev–Trinajstić information content (AvgIpc) is 2.77. The van der Waals surface area contributed by atoms with E-state index in [2.05, 4.69) is 29.1 Å². The van der Waals surface area contributed by atoms with Gasteiger partial charge in [-0.1, -0.05) is 13.8 Å².